The molecule has 1 unspecified atom stereocenters. The molecule has 1 aliphatic rings. The van der Waals surface area contributed by atoms with E-state index < -0.39 is 0 Å². The molecular weight excluding hydrogens is 278 g/mol. The highest BCUT2D eigenvalue weighted by molar-refractivity contribution is 9.10. The first-order chi connectivity index (χ1) is 8.20. The lowest BCUT2D eigenvalue weighted by atomic mass is 9.96. The predicted octanol–water partition coefficient (Wildman–Crippen LogP) is 3.00. The van der Waals surface area contributed by atoms with E-state index in [-0.39, 0.29) is 0 Å². The van der Waals surface area contributed by atoms with E-state index in [0.29, 0.717) is 12.3 Å². The molecule has 3 heteroatoms. The van der Waals surface area contributed by atoms with Crippen LogP contribution in [0, 0.1) is 0 Å². The Morgan fingerprint density at radius 1 is 1.53 bits per heavy atom. The average Bonchev–Trinajstić information content (AvgIpc) is 2.73. The van der Waals surface area contributed by atoms with Gasteiger partial charge in [-0.1, -0.05) is 28.1 Å². The van der Waals surface area contributed by atoms with Crippen LogP contribution in [0.1, 0.15) is 29.9 Å². The van der Waals surface area contributed by atoms with Crippen LogP contribution < -0.4 is 0 Å². The summed E-state index contributed by atoms with van der Waals surface area (Å²) in [5, 5.41) is 0. The summed E-state index contributed by atoms with van der Waals surface area (Å²) in [7, 11) is 2.17. The fourth-order valence-corrected chi connectivity index (χ4v) is 3.22. The van der Waals surface area contributed by atoms with Gasteiger partial charge in [-0.05, 0) is 49.5 Å². The van der Waals surface area contributed by atoms with Crippen LogP contribution in [-0.2, 0) is 11.2 Å². The lowest BCUT2D eigenvalue weighted by molar-refractivity contribution is -0.107. The summed E-state index contributed by atoms with van der Waals surface area (Å²) >= 11 is 3.66. The van der Waals surface area contributed by atoms with E-state index in [9.17, 15) is 4.79 Å². The maximum absolute atomic E-state index is 10.4. The van der Waals surface area contributed by atoms with E-state index in [1.54, 1.807) is 0 Å². The molecular formula is C14H18BrNO. The summed E-state index contributed by atoms with van der Waals surface area (Å²) in [5.74, 6) is 0.648. The van der Waals surface area contributed by atoms with Gasteiger partial charge in [-0.25, -0.2) is 0 Å². The van der Waals surface area contributed by atoms with Gasteiger partial charge in [0.2, 0.25) is 0 Å². The fraction of sp³-hybridized carbons (Fsp3) is 0.500. The molecule has 0 aromatic heterocycles. The van der Waals surface area contributed by atoms with E-state index in [1.807, 2.05) is 0 Å². The molecule has 92 valence electrons. The van der Waals surface area contributed by atoms with Gasteiger partial charge in [0.05, 0.1) is 0 Å². The number of hydrogen-bond acceptors (Lipinski definition) is 2. The number of carbonyl (C=O) groups excluding carboxylic acids is 1. The zero-order valence-electron chi connectivity index (χ0n) is 10.2. The second-order valence-corrected chi connectivity index (χ2v) is 5.66. The van der Waals surface area contributed by atoms with Gasteiger partial charge in [-0.15, -0.1) is 0 Å². The second-order valence-electron chi connectivity index (χ2n) is 4.81. The van der Waals surface area contributed by atoms with E-state index in [1.165, 1.54) is 28.6 Å². The van der Waals surface area contributed by atoms with Crippen molar-refractivity contribution in [1.29, 1.82) is 0 Å². The Labute approximate surface area is 111 Å². The van der Waals surface area contributed by atoms with Gasteiger partial charge in [0.25, 0.3) is 0 Å². The van der Waals surface area contributed by atoms with Gasteiger partial charge in [-0.3, -0.25) is 0 Å². The van der Waals surface area contributed by atoms with E-state index in [4.69, 9.17) is 0 Å². The Morgan fingerprint density at radius 3 is 2.94 bits per heavy atom. The van der Waals surface area contributed by atoms with Crippen LogP contribution >= 0.6 is 15.9 Å². The Kier molecular flexibility index (Phi) is 4.35. The van der Waals surface area contributed by atoms with Gasteiger partial charge < -0.3 is 9.69 Å². The fourth-order valence-electron chi connectivity index (χ4n) is 2.47. The number of benzene rings is 1. The summed E-state index contributed by atoms with van der Waals surface area (Å²) < 4.78 is 1.20. The average molecular weight is 296 g/mol. The Balaban J connectivity index is 2.11. The Bertz CT molecular complexity index is 405. The molecule has 1 aromatic carbocycles. The van der Waals surface area contributed by atoms with Crippen molar-refractivity contribution in [2.45, 2.75) is 25.2 Å². The van der Waals surface area contributed by atoms with Gasteiger partial charge in [0.1, 0.15) is 6.29 Å². The molecule has 1 saturated heterocycles. The largest absolute Gasteiger partial charge is 0.306 e. The smallest absolute Gasteiger partial charge is 0.120 e. The first-order valence-corrected chi connectivity index (χ1v) is 6.90. The molecule has 2 nitrogen and oxygen atoms in total. The van der Waals surface area contributed by atoms with Crippen molar-refractivity contribution < 1.29 is 4.79 Å². The van der Waals surface area contributed by atoms with Crippen molar-refractivity contribution in [1.82, 2.24) is 4.90 Å². The number of carbonyl (C=O) groups is 1. The van der Waals surface area contributed by atoms with Crippen molar-refractivity contribution in [3.63, 3.8) is 0 Å². The molecule has 17 heavy (non-hydrogen) atoms. The number of nitrogens with zero attached hydrogens (tertiary/aromatic N) is 1. The number of hydrogen-bond donors (Lipinski definition) is 0. The van der Waals surface area contributed by atoms with Crippen LogP contribution in [0.4, 0.5) is 0 Å². The highest BCUT2D eigenvalue weighted by Gasteiger charge is 2.22. The van der Waals surface area contributed by atoms with Gasteiger partial charge in [0, 0.05) is 17.4 Å². The van der Waals surface area contributed by atoms with E-state index >= 15 is 0 Å². The normalized spacial score (nSPS) is 20.7. The first-order valence-electron chi connectivity index (χ1n) is 6.11. The SMILES string of the molecule is CN1CCC(c2ccc(CCC=O)cc2Br)C1. The number of rotatable bonds is 4. The number of likely N-dealkylation sites (tertiary alicyclic amines) is 1. The first kappa shape index (κ1) is 12.8. The molecule has 1 aliphatic heterocycles. The zero-order chi connectivity index (χ0) is 12.3. The third-order valence-electron chi connectivity index (χ3n) is 3.45. The summed E-state index contributed by atoms with van der Waals surface area (Å²) in [6.45, 7) is 2.33. The Morgan fingerprint density at radius 2 is 2.35 bits per heavy atom. The molecule has 0 bridgehead atoms. The molecule has 0 N–H and O–H groups in total. The van der Waals surface area contributed by atoms with Crippen LogP contribution in [0.5, 0.6) is 0 Å². The summed E-state index contributed by atoms with van der Waals surface area (Å²) in [6.07, 6.45) is 3.67. The molecule has 0 radical (unpaired) electrons. The van der Waals surface area contributed by atoms with Crippen molar-refractivity contribution >= 4 is 22.2 Å². The maximum atomic E-state index is 10.4. The molecule has 2 rings (SSSR count). The summed E-state index contributed by atoms with van der Waals surface area (Å²) in [4.78, 5) is 12.7. The van der Waals surface area contributed by atoms with Crippen molar-refractivity contribution in [2.24, 2.45) is 0 Å². The van der Waals surface area contributed by atoms with Crippen LogP contribution in [0.25, 0.3) is 0 Å². The summed E-state index contributed by atoms with van der Waals surface area (Å²) in [5.41, 5.74) is 2.64. The lowest BCUT2D eigenvalue weighted by Crippen LogP contribution is -2.13. The molecule has 1 heterocycles. The van der Waals surface area contributed by atoms with Crippen LogP contribution in [0.15, 0.2) is 22.7 Å². The number of aryl methyl sites for hydroxylation is 1. The third kappa shape index (κ3) is 3.17. The van der Waals surface area contributed by atoms with Crippen molar-refractivity contribution in [3.8, 4) is 0 Å². The molecule has 0 amide bonds. The van der Waals surface area contributed by atoms with Gasteiger partial charge >= 0.3 is 0 Å². The maximum Gasteiger partial charge on any atom is 0.120 e. The lowest BCUT2D eigenvalue weighted by Gasteiger charge is -2.13. The minimum Gasteiger partial charge on any atom is -0.306 e. The second kappa shape index (κ2) is 5.78. The molecule has 0 saturated carbocycles. The Hall–Kier alpha value is -0.670. The quantitative estimate of drug-likeness (QED) is 0.796. The molecule has 1 aromatic rings. The molecule has 0 aliphatic carbocycles. The molecule has 0 spiro atoms. The van der Waals surface area contributed by atoms with Gasteiger partial charge in [0.15, 0.2) is 0 Å². The predicted molar refractivity (Wildman–Crippen MR) is 73.4 cm³/mol. The molecule has 1 fully saturated rings. The number of likely N-dealkylation sites (N-methyl/N-ethyl adjacent to an activating group) is 1. The summed E-state index contributed by atoms with van der Waals surface area (Å²) in [6, 6.07) is 6.53. The van der Waals surface area contributed by atoms with Gasteiger partial charge in [-0.2, -0.15) is 0 Å². The minimum atomic E-state index is 0.609. The zero-order valence-corrected chi connectivity index (χ0v) is 11.7. The van der Waals surface area contributed by atoms with Crippen LogP contribution in [0.2, 0.25) is 0 Å². The monoisotopic (exact) mass is 295 g/mol. The molecule has 1 atom stereocenters. The van der Waals surface area contributed by atoms with E-state index in [0.717, 1.165) is 19.3 Å². The standard InChI is InChI=1S/C14H18BrNO/c1-16-7-6-12(10-16)13-5-4-11(3-2-8-17)9-14(13)15/h4-5,8-9,12H,2-3,6-7,10H2,1H3. The van der Waals surface area contributed by atoms with Crippen molar-refractivity contribution in [3.05, 3.63) is 33.8 Å². The van der Waals surface area contributed by atoms with Crippen LogP contribution in [-0.4, -0.2) is 31.3 Å². The topological polar surface area (TPSA) is 20.3 Å². The highest BCUT2D eigenvalue weighted by atomic mass is 79.9. The highest BCUT2D eigenvalue weighted by Crippen LogP contribution is 2.32. The van der Waals surface area contributed by atoms with E-state index in [2.05, 4.69) is 46.1 Å². The third-order valence-corrected chi connectivity index (χ3v) is 4.13. The number of halogens is 1. The minimum absolute atomic E-state index is 0.609. The van der Waals surface area contributed by atoms with Crippen molar-refractivity contribution in [2.75, 3.05) is 20.1 Å². The van der Waals surface area contributed by atoms with Crippen LogP contribution in [0.3, 0.4) is 0 Å². The number of aldehydes is 1.